The number of nitrogens with zero attached hydrogens (tertiary/aromatic N) is 1. The van der Waals surface area contributed by atoms with Crippen molar-refractivity contribution in [3.63, 3.8) is 0 Å². The van der Waals surface area contributed by atoms with E-state index >= 15 is 0 Å². The molecule has 6 heteroatoms. The summed E-state index contributed by atoms with van der Waals surface area (Å²) in [7, 11) is 1.99. The van der Waals surface area contributed by atoms with Crippen molar-refractivity contribution in [3.8, 4) is 5.75 Å². The lowest BCUT2D eigenvalue weighted by atomic mass is 10.1. The first-order valence-corrected chi connectivity index (χ1v) is 8.34. The van der Waals surface area contributed by atoms with Gasteiger partial charge in [-0.3, -0.25) is 4.79 Å². The van der Waals surface area contributed by atoms with Crippen molar-refractivity contribution < 1.29 is 14.4 Å². The van der Waals surface area contributed by atoms with Crippen molar-refractivity contribution >= 4 is 23.2 Å². The number of rotatable bonds is 7. The van der Waals surface area contributed by atoms with Crippen LogP contribution in [0, 0.1) is 0 Å². The molecule has 2 rings (SSSR count). The molecule has 24 heavy (non-hydrogen) atoms. The lowest BCUT2D eigenvalue weighted by Gasteiger charge is -2.21. The van der Waals surface area contributed by atoms with E-state index in [2.05, 4.69) is 10.3 Å². The number of hydrogen-bond acceptors (Lipinski definition) is 3. The van der Waals surface area contributed by atoms with Gasteiger partial charge < -0.3 is 15.0 Å². The number of anilines is 1. The van der Waals surface area contributed by atoms with E-state index in [9.17, 15) is 4.79 Å². The van der Waals surface area contributed by atoms with Crippen LogP contribution in [0.2, 0.25) is 5.15 Å². The Balaban J connectivity index is 1.94. The molecule has 0 fully saturated rings. The van der Waals surface area contributed by atoms with Gasteiger partial charge >= 0.3 is 0 Å². The zero-order valence-electron chi connectivity index (χ0n) is 14.2. The minimum Gasteiger partial charge on any atom is -0.494 e. The van der Waals surface area contributed by atoms with Gasteiger partial charge in [0.05, 0.1) is 19.3 Å². The quantitative estimate of drug-likeness (QED) is 0.754. The predicted molar refractivity (Wildman–Crippen MR) is 95.5 cm³/mol. The average molecular weight is 349 g/mol. The molecule has 0 saturated heterocycles. The number of benzene rings is 1. The molecule has 2 N–H and O–H groups in total. The van der Waals surface area contributed by atoms with Gasteiger partial charge in [-0.2, -0.15) is 0 Å². The molecule has 1 aromatic carbocycles. The van der Waals surface area contributed by atoms with E-state index in [1.165, 1.54) is 0 Å². The van der Waals surface area contributed by atoms with Crippen LogP contribution in [0.3, 0.4) is 0 Å². The number of carbonyl (C=O) groups is 1. The Morgan fingerprint density at radius 2 is 2.04 bits per heavy atom. The summed E-state index contributed by atoms with van der Waals surface area (Å²) in [5.41, 5.74) is 1.68. The first-order valence-electron chi connectivity index (χ1n) is 7.96. The van der Waals surface area contributed by atoms with Crippen LogP contribution in [-0.2, 0) is 11.3 Å². The summed E-state index contributed by atoms with van der Waals surface area (Å²) in [5.74, 6) is 0.768. The molecule has 1 amide bonds. The predicted octanol–water partition coefficient (Wildman–Crippen LogP) is 2.18. The van der Waals surface area contributed by atoms with E-state index in [4.69, 9.17) is 16.3 Å². The van der Waals surface area contributed by atoms with Gasteiger partial charge in [0.1, 0.15) is 12.3 Å². The van der Waals surface area contributed by atoms with Gasteiger partial charge in [-0.1, -0.05) is 11.6 Å². The molecule has 2 atom stereocenters. The Bertz CT molecular complexity index is 676. The largest absolute Gasteiger partial charge is 0.494 e. The fraction of sp³-hybridized carbons (Fsp3) is 0.333. The second-order valence-corrected chi connectivity index (χ2v) is 6.01. The fourth-order valence-corrected chi connectivity index (χ4v) is 2.46. The molecule has 2 aromatic rings. The van der Waals surface area contributed by atoms with Crippen molar-refractivity contribution in [3.05, 3.63) is 53.3 Å². The molecule has 128 valence electrons. The van der Waals surface area contributed by atoms with Gasteiger partial charge in [0.2, 0.25) is 0 Å². The minimum atomic E-state index is -0.229. The number of ether oxygens (including phenoxy) is 1. The number of amides is 1. The van der Waals surface area contributed by atoms with Gasteiger partial charge in [0.15, 0.2) is 11.2 Å². The zero-order chi connectivity index (χ0) is 17.5. The highest BCUT2D eigenvalue weighted by Crippen LogP contribution is 2.17. The standard InChI is InChI=1S/C18H22ClN3O2/c1-4-24-15-9-7-14(8-10-15)12-22(3)13(2)18(23)21-16-6-5-11-20-17(16)19/h5-11,13H,4,12H2,1-3H3,(H,21,23)/p+1/t13-/m0/s1. The molecular formula is C18H23ClN3O2+. The summed E-state index contributed by atoms with van der Waals surface area (Å²) in [4.78, 5) is 17.4. The molecule has 0 aliphatic rings. The monoisotopic (exact) mass is 348 g/mol. The number of hydrogen-bond donors (Lipinski definition) is 2. The summed E-state index contributed by atoms with van der Waals surface area (Å²) < 4.78 is 5.44. The second kappa shape index (κ2) is 8.66. The van der Waals surface area contributed by atoms with Gasteiger partial charge in [0.25, 0.3) is 5.91 Å². The van der Waals surface area contributed by atoms with E-state index in [0.717, 1.165) is 22.8 Å². The number of nitrogens with one attached hydrogen (secondary N) is 2. The molecule has 5 nitrogen and oxygen atoms in total. The van der Waals surface area contributed by atoms with Gasteiger partial charge in [0, 0.05) is 11.8 Å². The number of aromatic nitrogens is 1. The van der Waals surface area contributed by atoms with Gasteiger partial charge in [-0.15, -0.1) is 0 Å². The average Bonchev–Trinajstić information content (AvgIpc) is 2.58. The Morgan fingerprint density at radius 1 is 1.33 bits per heavy atom. The number of likely N-dealkylation sites (N-methyl/N-ethyl adjacent to an activating group) is 1. The SMILES string of the molecule is CCOc1ccc(C[NH+](C)[C@@H](C)C(=O)Nc2cccnc2Cl)cc1. The Morgan fingerprint density at radius 3 is 2.67 bits per heavy atom. The summed E-state index contributed by atoms with van der Waals surface area (Å²) in [6, 6.07) is 11.2. The molecule has 0 spiro atoms. The molecule has 0 aliphatic heterocycles. The number of quaternary nitrogens is 1. The van der Waals surface area contributed by atoms with E-state index < -0.39 is 0 Å². The zero-order valence-corrected chi connectivity index (χ0v) is 14.9. The Kier molecular flexibility index (Phi) is 6.58. The third-order valence-electron chi connectivity index (χ3n) is 3.87. The maximum atomic E-state index is 12.4. The number of carbonyl (C=O) groups excluding carboxylic acids is 1. The molecule has 0 bridgehead atoms. The molecule has 1 aromatic heterocycles. The number of pyridine rings is 1. The van der Waals surface area contributed by atoms with Crippen LogP contribution in [0.4, 0.5) is 5.69 Å². The second-order valence-electron chi connectivity index (χ2n) is 5.65. The van der Waals surface area contributed by atoms with Crippen molar-refractivity contribution in [1.29, 1.82) is 0 Å². The topological polar surface area (TPSA) is 55.7 Å². The third kappa shape index (κ3) is 4.94. The van der Waals surface area contributed by atoms with Crippen LogP contribution in [0.1, 0.15) is 19.4 Å². The highest BCUT2D eigenvalue weighted by molar-refractivity contribution is 6.32. The molecular weight excluding hydrogens is 326 g/mol. The normalized spacial score (nSPS) is 13.2. The first-order chi connectivity index (χ1) is 11.5. The van der Waals surface area contributed by atoms with Crippen molar-refractivity contribution in [2.45, 2.75) is 26.4 Å². The number of halogens is 1. The molecule has 1 unspecified atom stereocenters. The van der Waals surface area contributed by atoms with Crippen molar-refractivity contribution in [2.24, 2.45) is 0 Å². The summed E-state index contributed by atoms with van der Waals surface area (Å²) >= 11 is 5.98. The van der Waals surface area contributed by atoms with E-state index in [-0.39, 0.29) is 11.9 Å². The van der Waals surface area contributed by atoms with E-state index in [1.807, 2.05) is 45.2 Å². The summed E-state index contributed by atoms with van der Waals surface area (Å²) in [6.07, 6.45) is 1.59. The molecule has 1 heterocycles. The fourth-order valence-electron chi connectivity index (χ4n) is 2.29. The molecule has 0 saturated carbocycles. The van der Waals surface area contributed by atoms with Gasteiger partial charge in [-0.05, 0) is 50.2 Å². The van der Waals surface area contributed by atoms with Gasteiger partial charge in [-0.25, -0.2) is 4.98 Å². The van der Waals surface area contributed by atoms with Crippen LogP contribution in [-0.4, -0.2) is 30.6 Å². The smallest absolute Gasteiger partial charge is 0.282 e. The lowest BCUT2D eigenvalue weighted by Crippen LogP contribution is -3.12. The highest BCUT2D eigenvalue weighted by atomic mass is 35.5. The van der Waals surface area contributed by atoms with Crippen LogP contribution in [0.25, 0.3) is 0 Å². The van der Waals surface area contributed by atoms with Crippen LogP contribution in [0.15, 0.2) is 42.6 Å². The highest BCUT2D eigenvalue weighted by Gasteiger charge is 2.22. The first kappa shape index (κ1) is 18.2. The Labute approximate surface area is 147 Å². The van der Waals surface area contributed by atoms with Crippen LogP contribution < -0.4 is 15.0 Å². The molecule has 0 radical (unpaired) electrons. The van der Waals surface area contributed by atoms with Crippen LogP contribution >= 0.6 is 11.6 Å². The maximum Gasteiger partial charge on any atom is 0.282 e. The van der Waals surface area contributed by atoms with Crippen LogP contribution in [0.5, 0.6) is 5.75 Å². The minimum absolute atomic E-state index is 0.0895. The maximum absolute atomic E-state index is 12.4. The van der Waals surface area contributed by atoms with Crippen molar-refractivity contribution in [2.75, 3.05) is 19.0 Å². The summed E-state index contributed by atoms with van der Waals surface area (Å²) in [5, 5.41) is 3.12. The third-order valence-corrected chi connectivity index (χ3v) is 4.17. The van der Waals surface area contributed by atoms with Crippen molar-refractivity contribution in [1.82, 2.24) is 4.98 Å². The summed E-state index contributed by atoms with van der Waals surface area (Å²) in [6.45, 7) is 5.24. The van der Waals surface area contributed by atoms with E-state index in [1.54, 1.807) is 18.3 Å². The molecule has 0 aliphatic carbocycles. The van der Waals surface area contributed by atoms with E-state index in [0.29, 0.717) is 17.4 Å². The lowest BCUT2D eigenvalue weighted by molar-refractivity contribution is -0.907. The Hall–Kier alpha value is -2.11.